The fraction of sp³-hybridized carbons (Fsp3) is 0.294. The summed E-state index contributed by atoms with van der Waals surface area (Å²) in [6.45, 7) is 2.02. The van der Waals surface area contributed by atoms with Gasteiger partial charge in [-0.1, -0.05) is 18.2 Å². The zero-order valence-electron chi connectivity index (χ0n) is 11.4. The number of hydrogen-bond donors (Lipinski definition) is 1. The van der Waals surface area contributed by atoms with E-state index in [4.69, 9.17) is 0 Å². The molecular weight excluding hydrogens is 256 g/mol. The van der Waals surface area contributed by atoms with Gasteiger partial charge in [0.1, 0.15) is 11.6 Å². The van der Waals surface area contributed by atoms with Crippen molar-refractivity contribution < 1.29 is 8.78 Å². The average Bonchev–Trinajstić information content (AvgIpc) is 2.81. The van der Waals surface area contributed by atoms with Crippen molar-refractivity contribution in [3.63, 3.8) is 0 Å². The van der Waals surface area contributed by atoms with Crippen LogP contribution in [0.15, 0.2) is 42.5 Å². The first kappa shape index (κ1) is 13.3. The van der Waals surface area contributed by atoms with E-state index in [2.05, 4.69) is 5.32 Å². The number of fused-ring (bicyclic) bond motifs is 1. The largest absolute Gasteiger partial charge is 0.303 e. The second-order valence-corrected chi connectivity index (χ2v) is 5.38. The van der Waals surface area contributed by atoms with Crippen molar-refractivity contribution in [1.29, 1.82) is 0 Å². The average molecular weight is 273 g/mol. The molecule has 3 heteroatoms. The molecule has 1 aliphatic rings. The van der Waals surface area contributed by atoms with Crippen molar-refractivity contribution in [2.45, 2.75) is 31.8 Å². The number of hydrogen-bond acceptors (Lipinski definition) is 1. The number of rotatable bonds is 3. The van der Waals surface area contributed by atoms with Crippen LogP contribution in [0.4, 0.5) is 8.78 Å². The smallest absolute Gasteiger partial charge is 0.123 e. The molecule has 20 heavy (non-hydrogen) atoms. The van der Waals surface area contributed by atoms with Crippen LogP contribution in [0.1, 0.15) is 42.1 Å². The zero-order chi connectivity index (χ0) is 14.1. The minimum atomic E-state index is -0.218. The molecule has 1 nitrogen and oxygen atoms in total. The van der Waals surface area contributed by atoms with E-state index in [1.54, 1.807) is 18.2 Å². The Morgan fingerprint density at radius 2 is 1.90 bits per heavy atom. The third-order valence-corrected chi connectivity index (χ3v) is 3.98. The number of nitrogens with one attached hydrogen (secondary N) is 1. The molecule has 0 heterocycles. The standard InChI is InChI=1S/C17H17F2N/c1-11(12-3-2-4-14(18)9-12)20-17-8-5-13-10-15(19)6-7-16(13)17/h2-4,6-7,9-11,17,20H,5,8H2,1H3/t11-,17?/m0/s1. The van der Waals surface area contributed by atoms with E-state index in [0.717, 1.165) is 29.5 Å². The monoisotopic (exact) mass is 273 g/mol. The van der Waals surface area contributed by atoms with Gasteiger partial charge in [0.25, 0.3) is 0 Å². The summed E-state index contributed by atoms with van der Waals surface area (Å²) in [6.07, 6.45) is 1.85. The summed E-state index contributed by atoms with van der Waals surface area (Å²) in [5.41, 5.74) is 3.17. The Bertz CT molecular complexity index is 624. The molecule has 0 saturated heterocycles. The van der Waals surface area contributed by atoms with Crippen molar-refractivity contribution in [1.82, 2.24) is 5.32 Å². The lowest BCUT2D eigenvalue weighted by Crippen LogP contribution is -2.23. The van der Waals surface area contributed by atoms with Gasteiger partial charge in [-0.2, -0.15) is 0 Å². The van der Waals surface area contributed by atoms with Crippen molar-refractivity contribution in [2.75, 3.05) is 0 Å². The van der Waals surface area contributed by atoms with E-state index in [1.165, 1.54) is 12.1 Å². The molecular formula is C17H17F2N. The number of benzene rings is 2. The molecule has 2 aromatic carbocycles. The highest BCUT2D eigenvalue weighted by atomic mass is 19.1. The normalized spacial score (nSPS) is 18.9. The highest BCUT2D eigenvalue weighted by molar-refractivity contribution is 5.35. The van der Waals surface area contributed by atoms with Gasteiger partial charge in [0, 0.05) is 12.1 Å². The van der Waals surface area contributed by atoms with Crippen LogP contribution in [-0.4, -0.2) is 0 Å². The van der Waals surface area contributed by atoms with Crippen LogP contribution in [0.3, 0.4) is 0 Å². The van der Waals surface area contributed by atoms with Crippen molar-refractivity contribution >= 4 is 0 Å². The minimum Gasteiger partial charge on any atom is -0.303 e. The topological polar surface area (TPSA) is 12.0 Å². The molecule has 1 aliphatic carbocycles. The lowest BCUT2D eigenvalue weighted by molar-refractivity contribution is 0.463. The number of halogens is 2. The fourth-order valence-electron chi connectivity index (χ4n) is 2.93. The van der Waals surface area contributed by atoms with Crippen LogP contribution in [0.5, 0.6) is 0 Å². The first-order chi connectivity index (χ1) is 9.63. The summed E-state index contributed by atoms with van der Waals surface area (Å²) in [4.78, 5) is 0. The van der Waals surface area contributed by atoms with Gasteiger partial charge in [0.2, 0.25) is 0 Å². The number of aryl methyl sites for hydroxylation is 1. The minimum absolute atomic E-state index is 0.0618. The van der Waals surface area contributed by atoms with Gasteiger partial charge in [-0.15, -0.1) is 0 Å². The molecule has 0 amide bonds. The summed E-state index contributed by atoms with van der Waals surface area (Å²) in [5.74, 6) is -0.396. The van der Waals surface area contributed by atoms with Gasteiger partial charge in [-0.05, 0) is 60.7 Å². The Morgan fingerprint density at radius 3 is 2.70 bits per heavy atom. The molecule has 1 N–H and O–H groups in total. The molecule has 3 rings (SSSR count). The van der Waals surface area contributed by atoms with Crippen LogP contribution in [0.2, 0.25) is 0 Å². The van der Waals surface area contributed by atoms with Gasteiger partial charge in [0.05, 0.1) is 0 Å². The van der Waals surface area contributed by atoms with E-state index in [0.29, 0.717) is 0 Å². The molecule has 0 radical (unpaired) electrons. The summed E-state index contributed by atoms with van der Waals surface area (Å²) in [5, 5.41) is 3.51. The van der Waals surface area contributed by atoms with Crippen molar-refractivity contribution in [3.05, 3.63) is 70.8 Å². The van der Waals surface area contributed by atoms with E-state index in [9.17, 15) is 8.78 Å². The van der Waals surface area contributed by atoms with Crippen LogP contribution in [-0.2, 0) is 6.42 Å². The molecule has 0 bridgehead atoms. The quantitative estimate of drug-likeness (QED) is 0.879. The van der Waals surface area contributed by atoms with Gasteiger partial charge in [-0.25, -0.2) is 8.78 Å². The van der Waals surface area contributed by atoms with E-state index >= 15 is 0 Å². The zero-order valence-corrected chi connectivity index (χ0v) is 11.4. The maximum absolute atomic E-state index is 13.3. The van der Waals surface area contributed by atoms with Crippen LogP contribution < -0.4 is 5.32 Å². The maximum atomic E-state index is 13.3. The Kier molecular flexibility index (Phi) is 3.53. The molecule has 1 unspecified atom stereocenters. The summed E-state index contributed by atoms with van der Waals surface area (Å²) >= 11 is 0. The first-order valence-electron chi connectivity index (χ1n) is 6.93. The Labute approximate surface area is 117 Å². The summed E-state index contributed by atoms with van der Waals surface area (Å²) in [6, 6.07) is 11.9. The molecule has 104 valence electrons. The van der Waals surface area contributed by atoms with E-state index in [1.807, 2.05) is 19.1 Å². The predicted molar refractivity (Wildman–Crippen MR) is 75.4 cm³/mol. The SMILES string of the molecule is C[C@H](NC1CCc2cc(F)ccc21)c1cccc(F)c1. The summed E-state index contributed by atoms with van der Waals surface area (Å²) < 4.78 is 26.5. The second kappa shape index (κ2) is 5.33. The molecule has 0 fully saturated rings. The van der Waals surface area contributed by atoms with E-state index < -0.39 is 0 Å². The lowest BCUT2D eigenvalue weighted by atomic mass is 10.0. The third-order valence-electron chi connectivity index (χ3n) is 3.98. The maximum Gasteiger partial charge on any atom is 0.123 e. The molecule has 2 atom stereocenters. The van der Waals surface area contributed by atoms with Gasteiger partial charge < -0.3 is 5.32 Å². The molecule has 0 saturated carbocycles. The predicted octanol–water partition coefficient (Wildman–Crippen LogP) is 4.30. The van der Waals surface area contributed by atoms with E-state index in [-0.39, 0.29) is 23.7 Å². The van der Waals surface area contributed by atoms with Crippen LogP contribution in [0.25, 0.3) is 0 Å². The van der Waals surface area contributed by atoms with Crippen LogP contribution in [0, 0.1) is 11.6 Å². The fourth-order valence-corrected chi connectivity index (χ4v) is 2.93. The highest BCUT2D eigenvalue weighted by Crippen LogP contribution is 2.33. The Balaban J connectivity index is 1.77. The van der Waals surface area contributed by atoms with Crippen molar-refractivity contribution in [2.24, 2.45) is 0 Å². The lowest BCUT2D eigenvalue weighted by Gasteiger charge is -2.21. The van der Waals surface area contributed by atoms with Gasteiger partial charge in [-0.3, -0.25) is 0 Å². The Hall–Kier alpha value is -1.74. The van der Waals surface area contributed by atoms with Crippen LogP contribution >= 0.6 is 0 Å². The Morgan fingerprint density at radius 1 is 1.10 bits per heavy atom. The molecule has 0 aromatic heterocycles. The van der Waals surface area contributed by atoms with Gasteiger partial charge in [0.15, 0.2) is 0 Å². The molecule has 0 spiro atoms. The molecule has 2 aromatic rings. The second-order valence-electron chi connectivity index (χ2n) is 5.38. The van der Waals surface area contributed by atoms with Gasteiger partial charge >= 0.3 is 0 Å². The van der Waals surface area contributed by atoms with Crippen molar-refractivity contribution in [3.8, 4) is 0 Å². The highest BCUT2D eigenvalue weighted by Gasteiger charge is 2.24. The third kappa shape index (κ3) is 2.59. The summed E-state index contributed by atoms with van der Waals surface area (Å²) in [7, 11) is 0. The first-order valence-corrected chi connectivity index (χ1v) is 6.93. The molecule has 0 aliphatic heterocycles.